The van der Waals surface area contributed by atoms with Crippen molar-refractivity contribution < 1.29 is 4.74 Å². The maximum atomic E-state index is 5.94. The lowest BCUT2D eigenvalue weighted by atomic mass is 10.3. The highest BCUT2D eigenvalue weighted by atomic mass is 35.5. The third kappa shape index (κ3) is 5.33. The van der Waals surface area contributed by atoms with Crippen LogP contribution in [-0.4, -0.2) is 30.6 Å². The predicted octanol–water partition coefficient (Wildman–Crippen LogP) is 2.08. The van der Waals surface area contributed by atoms with Crippen LogP contribution in [-0.2, 0) is 11.3 Å². The molecule has 5 heteroatoms. The molecular formula is C10H14Cl2N2O. The van der Waals surface area contributed by atoms with Crippen molar-refractivity contribution in [1.82, 2.24) is 10.3 Å². The Morgan fingerprint density at radius 3 is 3.00 bits per heavy atom. The Balaban J connectivity index is 2.12. The summed E-state index contributed by atoms with van der Waals surface area (Å²) in [5.41, 5.74) is 1.05. The molecule has 0 saturated heterocycles. The third-order valence-electron chi connectivity index (χ3n) is 1.82. The van der Waals surface area contributed by atoms with Crippen molar-refractivity contribution in [3.8, 4) is 0 Å². The molecule has 0 fully saturated rings. The van der Waals surface area contributed by atoms with Gasteiger partial charge in [0.2, 0.25) is 0 Å². The maximum absolute atomic E-state index is 5.94. The van der Waals surface area contributed by atoms with Gasteiger partial charge in [-0.1, -0.05) is 11.6 Å². The fraction of sp³-hybridized carbons (Fsp3) is 0.500. The van der Waals surface area contributed by atoms with E-state index in [1.807, 2.05) is 6.07 Å². The van der Waals surface area contributed by atoms with Gasteiger partial charge in [-0.15, -0.1) is 11.6 Å². The highest BCUT2D eigenvalue weighted by Gasteiger charge is 1.97. The van der Waals surface area contributed by atoms with Gasteiger partial charge < -0.3 is 10.1 Å². The molecule has 1 N–H and O–H groups in total. The normalized spacial score (nSPS) is 10.5. The summed E-state index contributed by atoms with van der Waals surface area (Å²) in [5, 5.41) is 3.91. The van der Waals surface area contributed by atoms with Crippen LogP contribution in [0.5, 0.6) is 0 Å². The summed E-state index contributed by atoms with van der Waals surface area (Å²) in [6.07, 6.45) is 3.37. The summed E-state index contributed by atoms with van der Waals surface area (Å²) in [6, 6.07) is 1.90. The van der Waals surface area contributed by atoms with E-state index in [4.69, 9.17) is 27.9 Å². The molecule has 1 heterocycles. The number of pyridine rings is 1. The zero-order valence-corrected chi connectivity index (χ0v) is 9.89. The Morgan fingerprint density at radius 2 is 2.27 bits per heavy atom. The lowest BCUT2D eigenvalue weighted by molar-refractivity contribution is 0.151. The fourth-order valence-electron chi connectivity index (χ4n) is 1.07. The van der Waals surface area contributed by atoms with E-state index < -0.39 is 0 Å². The lowest BCUT2D eigenvalue weighted by Gasteiger charge is -2.06. The molecule has 0 bridgehead atoms. The number of aromatic nitrogens is 1. The van der Waals surface area contributed by atoms with Crippen molar-refractivity contribution >= 4 is 23.2 Å². The summed E-state index contributed by atoms with van der Waals surface area (Å²) in [4.78, 5) is 3.91. The van der Waals surface area contributed by atoms with Gasteiger partial charge in [0, 0.05) is 31.4 Å². The molecule has 1 aromatic heterocycles. The van der Waals surface area contributed by atoms with Gasteiger partial charge in [0.25, 0.3) is 0 Å². The first-order valence-corrected chi connectivity index (χ1v) is 5.68. The minimum atomic E-state index is 0.538. The Morgan fingerprint density at radius 1 is 1.40 bits per heavy atom. The van der Waals surface area contributed by atoms with Crippen molar-refractivity contribution in [2.45, 2.75) is 6.54 Å². The molecule has 0 amide bonds. The standard InChI is InChI=1S/C10H14Cl2N2O/c11-2-5-15-6-4-14-7-9-1-3-13-8-10(9)12/h1,3,8,14H,2,4-7H2. The van der Waals surface area contributed by atoms with E-state index in [1.165, 1.54) is 0 Å². The number of hydrogen-bond donors (Lipinski definition) is 1. The molecule has 0 aliphatic heterocycles. The van der Waals surface area contributed by atoms with Gasteiger partial charge in [0.05, 0.1) is 18.2 Å². The second kappa shape index (κ2) is 7.88. The third-order valence-corrected chi connectivity index (χ3v) is 2.31. The van der Waals surface area contributed by atoms with Gasteiger partial charge in [-0.2, -0.15) is 0 Å². The summed E-state index contributed by atoms with van der Waals surface area (Å²) >= 11 is 11.4. The van der Waals surface area contributed by atoms with E-state index in [0.717, 1.165) is 18.7 Å². The van der Waals surface area contributed by atoms with Gasteiger partial charge in [-0.25, -0.2) is 0 Å². The number of nitrogens with one attached hydrogen (secondary N) is 1. The number of alkyl halides is 1. The van der Waals surface area contributed by atoms with Crippen molar-refractivity contribution in [3.63, 3.8) is 0 Å². The number of nitrogens with zero attached hydrogens (tertiary/aromatic N) is 1. The minimum absolute atomic E-state index is 0.538. The van der Waals surface area contributed by atoms with Crippen LogP contribution in [0.4, 0.5) is 0 Å². The Bertz CT molecular complexity index is 284. The monoisotopic (exact) mass is 248 g/mol. The molecule has 0 radical (unpaired) electrons. The van der Waals surface area contributed by atoms with E-state index in [-0.39, 0.29) is 0 Å². The first-order chi connectivity index (χ1) is 7.34. The zero-order valence-electron chi connectivity index (χ0n) is 8.38. The molecule has 0 aliphatic rings. The lowest BCUT2D eigenvalue weighted by Crippen LogP contribution is -2.19. The van der Waals surface area contributed by atoms with Crippen LogP contribution >= 0.6 is 23.2 Å². The van der Waals surface area contributed by atoms with E-state index in [0.29, 0.717) is 24.1 Å². The Hall–Kier alpha value is -0.350. The molecule has 3 nitrogen and oxygen atoms in total. The number of hydrogen-bond acceptors (Lipinski definition) is 3. The van der Waals surface area contributed by atoms with Crippen molar-refractivity contribution in [2.24, 2.45) is 0 Å². The Labute approximate surface area is 99.7 Å². The van der Waals surface area contributed by atoms with Crippen LogP contribution in [0, 0.1) is 0 Å². The molecule has 1 aromatic rings. The molecule has 0 unspecified atom stereocenters. The van der Waals surface area contributed by atoms with Gasteiger partial charge in [-0.05, 0) is 11.6 Å². The van der Waals surface area contributed by atoms with Gasteiger partial charge in [-0.3, -0.25) is 4.98 Å². The van der Waals surface area contributed by atoms with Crippen LogP contribution in [0.25, 0.3) is 0 Å². The second-order valence-electron chi connectivity index (χ2n) is 2.95. The highest BCUT2D eigenvalue weighted by Crippen LogP contribution is 2.12. The van der Waals surface area contributed by atoms with Gasteiger partial charge in [0.15, 0.2) is 0 Å². The van der Waals surface area contributed by atoms with Gasteiger partial charge >= 0.3 is 0 Å². The molecule has 0 aromatic carbocycles. The molecular weight excluding hydrogens is 235 g/mol. The molecule has 0 aliphatic carbocycles. The smallest absolute Gasteiger partial charge is 0.0634 e. The van der Waals surface area contributed by atoms with E-state index in [1.54, 1.807) is 12.4 Å². The quantitative estimate of drug-likeness (QED) is 0.593. The first kappa shape index (κ1) is 12.7. The van der Waals surface area contributed by atoms with E-state index >= 15 is 0 Å². The molecule has 0 saturated carbocycles. The van der Waals surface area contributed by atoms with Gasteiger partial charge in [0.1, 0.15) is 0 Å². The fourth-order valence-corrected chi connectivity index (χ4v) is 1.37. The largest absolute Gasteiger partial charge is 0.379 e. The van der Waals surface area contributed by atoms with Crippen molar-refractivity contribution in [1.29, 1.82) is 0 Å². The summed E-state index contributed by atoms with van der Waals surface area (Å²) < 4.78 is 5.21. The average molecular weight is 249 g/mol. The molecule has 1 rings (SSSR count). The average Bonchev–Trinajstić information content (AvgIpc) is 2.25. The second-order valence-corrected chi connectivity index (χ2v) is 3.73. The SMILES string of the molecule is ClCCOCCNCc1ccncc1Cl. The Kier molecular flexibility index (Phi) is 6.68. The van der Waals surface area contributed by atoms with Crippen LogP contribution in [0.2, 0.25) is 5.02 Å². The summed E-state index contributed by atoms with van der Waals surface area (Å²) in [6.45, 7) is 2.77. The maximum Gasteiger partial charge on any atom is 0.0634 e. The number of rotatable bonds is 7. The molecule has 0 atom stereocenters. The zero-order chi connectivity index (χ0) is 10.9. The van der Waals surface area contributed by atoms with Crippen molar-refractivity contribution in [2.75, 3.05) is 25.6 Å². The molecule has 84 valence electrons. The topological polar surface area (TPSA) is 34.1 Å². The molecule has 0 spiro atoms. The van der Waals surface area contributed by atoms with E-state index in [9.17, 15) is 0 Å². The minimum Gasteiger partial charge on any atom is -0.379 e. The van der Waals surface area contributed by atoms with E-state index in [2.05, 4.69) is 10.3 Å². The van der Waals surface area contributed by atoms with Crippen LogP contribution in [0.3, 0.4) is 0 Å². The van der Waals surface area contributed by atoms with Crippen LogP contribution < -0.4 is 5.32 Å². The van der Waals surface area contributed by atoms with Crippen molar-refractivity contribution in [3.05, 3.63) is 29.0 Å². The first-order valence-electron chi connectivity index (χ1n) is 4.77. The molecule has 15 heavy (non-hydrogen) atoms. The number of ether oxygens (including phenoxy) is 1. The predicted molar refractivity (Wildman–Crippen MR) is 62.5 cm³/mol. The highest BCUT2D eigenvalue weighted by molar-refractivity contribution is 6.31. The van der Waals surface area contributed by atoms with Crippen LogP contribution in [0.15, 0.2) is 18.5 Å². The number of halogens is 2. The summed E-state index contributed by atoms with van der Waals surface area (Å²) in [7, 11) is 0. The summed E-state index contributed by atoms with van der Waals surface area (Å²) in [5.74, 6) is 0.538. The van der Waals surface area contributed by atoms with Crippen LogP contribution in [0.1, 0.15) is 5.56 Å².